The number of nitrogens with one attached hydrogen (secondary N) is 1. The van der Waals surface area contributed by atoms with E-state index in [1.54, 1.807) is 24.3 Å². The Hall–Kier alpha value is -4.67. The van der Waals surface area contributed by atoms with Crippen molar-refractivity contribution in [3.63, 3.8) is 0 Å². The summed E-state index contributed by atoms with van der Waals surface area (Å²) < 4.78 is 4.94. The smallest absolute Gasteiger partial charge is 0.436 e. The Morgan fingerprint density at radius 2 is 1.58 bits per heavy atom. The number of methoxy groups -OCH3 is 1. The number of hydrogen-bond acceptors (Lipinski definition) is 8. The fourth-order valence-electron chi connectivity index (χ4n) is 3.85. The van der Waals surface area contributed by atoms with Crippen LogP contribution in [0.2, 0.25) is 0 Å². The Morgan fingerprint density at radius 1 is 0.921 bits per heavy atom. The van der Waals surface area contributed by atoms with E-state index in [4.69, 9.17) is 15.3 Å². The lowest BCUT2D eigenvalue weighted by Gasteiger charge is -2.26. The number of amides is 1. The predicted octanol–water partition coefficient (Wildman–Crippen LogP) is 5.07. The topological polar surface area (TPSA) is 126 Å². The molecular weight excluding hydrogens is 484 g/mol. The van der Waals surface area contributed by atoms with Crippen LogP contribution < -0.4 is 21.0 Å². The van der Waals surface area contributed by atoms with Crippen LogP contribution in [0.3, 0.4) is 0 Å². The molecule has 0 aliphatic rings. The van der Waals surface area contributed by atoms with Crippen molar-refractivity contribution in [2.45, 2.75) is 13.1 Å². The molecule has 0 saturated heterocycles. The van der Waals surface area contributed by atoms with Crippen LogP contribution in [0.15, 0.2) is 91.3 Å². The summed E-state index contributed by atoms with van der Waals surface area (Å²) in [5.74, 6) is 0.988. The van der Waals surface area contributed by atoms with Crippen LogP contribution in [0.5, 0.6) is 0 Å². The number of ether oxygens (including phenoxy) is 1. The van der Waals surface area contributed by atoms with E-state index in [0.29, 0.717) is 41.8 Å². The first kappa shape index (κ1) is 26.4. The summed E-state index contributed by atoms with van der Waals surface area (Å²) >= 11 is 0. The number of benzene rings is 3. The van der Waals surface area contributed by atoms with Crippen molar-refractivity contribution in [3.05, 3.63) is 102 Å². The van der Waals surface area contributed by atoms with Crippen molar-refractivity contribution >= 4 is 34.8 Å². The number of anilines is 5. The lowest BCUT2D eigenvalue weighted by molar-refractivity contribution is 0.0538. The Balaban J connectivity index is 1.60. The molecule has 196 valence electrons. The van der Waals surface area contributed by atoms with E-state index in [1.165, 1.54) is 13.4 Å². The molecule has 0 aliphatic heterocycles. The van der Waals surface area contributed by atoms with Crippen LogP contribution >= 0.6 is 0 Å². The van der Waals surface area contributed by atoms with Gasteiger partial charge in [0.15, 0.2) is 11.6 Å². The standard InChI is InChI=1S/C28H30N6O4/c1-37-15-16-38-34(28(35)36)24-14-8-13-23(17-24)32-26-25(29)27(31-20-30-26)33(18-21-9-4-2-5-10-21)19-22-11-6-3-7-12-22/h2-14,17,20H,15-16,18-19,29H2,1H3,(H,35,36)(H,30,31,32). The van der Waals surface area contributed by atoms with E-state index in [2.05, 4.69) is 44.5 Å². The molecule has 0 bridgehead atoms. The molecule has 3 aromatic carbocycles. The molecule has 0 fully saturated rings. The van der Waals surface area contributed by atoms with Gasteiger partial charge in [-0.1, -0.05) is 66.7 Å². The van der Waals surface area contributed by atoms with Crippen LogP contribution in [0.4, 0.5) is 33.5 Å². The molecule has 4 aromatic rings. The molecule has 0 radical (unpaired) electrons. The number of nitrogen functional groups attached to an aromatic ring is 1. The average Bonchev–Trinajstić information content (AvgIpc) is 2.93. The molecule has 38 heavy (non-hydrogen) atoms. The van der Waals surface area contributed by atoms with Gasteiger partial charge in [0.05, 0.1) is 18.9 Å². The molecule has 0 unspecified atom stereocenters. The normalized spacial score (nSPS) is 10.7. The van der Waals surface area contributed by atoms with Gasteiger partial charge >= 0.3 is 6.09 Å². The van der Waals surface area contributed by atoms with Crippen molar-refractivity contribution in [2.24, 2.45) is 0 Å². The number of carboxylic acid groups (broad SMARTS) is 1. The summed E-state index contributed by atoms with van der Waals surface area (Å²) in [6.07, 6.45) is 0.206. The number of carbonyl (C=O) groups is 1. The van der Waals surface area contributed by atoms with Gasteiger partial charge in [-0.2, -0.15) is 5.06 Å². The summed E-state index contributed by atoms with van der Waals surface area (Å²) in [4.78, 5) is 28.0. The van der Waals surface area contributed by atoms with Gasteiger partial charge in [0.2, 0.25) is 0 Å². The predicted molar refractivity (Wildman–Crippen MR) is 147 cm³/mol. The zero-order valence-corrected chi connectivity index (χ0v) is 21.0. The molecule has 4 N–H and O–H groups in total. The van der Waals surface area contributed by atoms with Crippen LogP contribution in [0, 0.1) is 0 Å². The van der Waals surface area contributed by atoms with Crippen molar-refractivity contribution < 1.29 is 19.5 Å². The summed E-state index contributed by atoms with van der Waals surface area (Å²) in [5, 5.41) is 13.6. The Labute approximate surface area is 221 Å². The van der Waals surface area contributed by atoms with E-state index in [1.807, 2.05) is 36.4 Å². The number of aromatic nitrogens is 2. The van der Waals surface area contributed by atoms with E-state index in [0.717, 1.165) is 16.2 Å². The number of rotatable bonds is 12. The number of hydrogen-bond donors (Lipinski definition) is 3. The van der Waals surface area contributed by atoms with Crippen LogP contribution in [-0.4, -0.2) is 41.5 Å². The molecule has 1 amide bonds. The Morgan fingerprint density at radius 3 is 2.18 bits per heavy atom. The third-order valence-corrected chi connectivity index (χ3v) is 5.62. The maximum Gasteiger partial charge on any atom is 0.436 e. The van der Waals surface area contributed by atoms with Crippen molar-refractivity contribution in [3.8, 4) is 0 Å². The lowest BCUT2D eigenvalue weighted by Crippen LogP contribution is -2.30. The third kappa shape index (κ3) is 6.96. The molecule has 4 rings (SSSR count). The molecule has 1 heterocycles. The first-order chi connectivity index (χ1) is 18.5. The summed E-state index contributed by atoms with van der Waals surface area (Å²) in [5.41, 5.74) is 10.1. The van der Waals surface area contributed by atoms with Gasteiger partial charge in [0.25, 0.3) is 0 Å². The molecule has 10 heteroatoms. The van der Waals surface area contributed by atoms with E-state index >= 15 is 0 Å². The third-order valence-electron chi connectivity index (χ3n) is 5.62. The number of hydroxylamine groups is 1. The highest BCUT2D eigenvalue weighted by Gasteiger charge is 2.19. The van der Waals surface area contributed by atoms with E-state index in [9.17, 15) is 9.90 Å². The fourth-order valence-corrected chi connectivity index (χ4v) is 3.85. The fraction of sp³-hybridized carbons (Fsp3) is 0.179. The molecule has 1 aromatic heterocycles. The van der Waals surface area contributed by atoms with Gasteiger partial charge in [0, 0.05) is 25.9 Å². The molecule has 0 spiro atoms. The Bertz CT molecular complexity index is 1280. The first-order valence-corrected chi connectivity index (χ1v) is 12.0. The minimum Gasteiger partial charge on any atom is -0.463 e. The summed E-state index contributed by atoms with van der Waals surface area (Å²) in [6, 6.07) is 26.9. The highest BCUT2D eigenvalue weighted by Crippen LogP contribution is 2.31. The van der Waals surface area contributed by atoms with Gasteiger partial charge in [-0.3, -0.25) is 4.84 Å². The van der Waals surface area contributed by atoms with Crippen molar-refractivity contribution in [2.75, 3.05) is 41.3 Å². The largest absolute Gasteiger partial charge is 0.463 e. The van der Waals surface area contributed by atoms with Crippen LogP contribution in [0.1, 0.15) is 11.1 Å². The zero-order valence-electron chi connectivity index (χ0n) is 21.0. The SMILES string of the molecule is COCCON(C(=O)O)c1cccc(Nc2ncnc(N(Cc3ccccc3)Cc3ccccc3)c2N)c1. The van der Waals surface area contributed by atoms with E-state index in [-0.39, 0.29) is 13.2 Å². The van der Waals surface area contributed by atoms with Gasteiger partial charge < -0.3 is 25.8 Å². The minimum atomic E-state index is -1.25. The van der Waals surface area contributed by atoms with Gasteiger partial charge in [-0.15, -0.1) is 0 Å². The summed E-state index contributed by atoms with van der Waals surface area (Å²) in [6.45, 7) is 1.53. The second kappa shape index (κ2) is 13.0. The van der Waals surface area contributed by atoms with Crippen molar-refractivity contribution in [1.82, 2.24) is 9.97 Å². The maximum absolute atomic E-state index is 11.7. The van der Waals surface area contributed by atoms with Crippen molar-refractivity contribution in [1.29, 1.82) is 0 Å². The van der Waals surface area contributed by atoms with Crippen LogP contribution in [0.25, 0.3) is 0 Å². The maximum atomic E-state index is 11.7. The monoisotopic (exact) mass is 514 g/mol. The molecule has 0 aliphatic carbocycles. The van der Waals surface area contributed by atoms with Gasteiger partial charge in [0.1, 0.15) is 12.0 Å². The molecule has 0 saturated carbocycles. The second-order valence-electron chi connectivity index (χ2n) is 8.37. The highest BCUT2D eigenvalue weighted by atomic mass is 16.7. The second-order valence-corrected chi connectivity index (χ2v) is 8.37. The number of nitrogens with zero attached hydrogens (tertiary/aromatic N) is 4. The average molecular weight is 515 g/mol. The lowest BCUT2D eigenvalue weighted by atomic mass is 10.1. The zero-order chi connectivity index (χ0) is 26.7. The molecule has 0 atom stereocenters. The first-order valence-electron chi connectivity index (χ1n) is 12.0. The number of nitrogens with two attached hydrogens (primary N) is 1. The van der Waals surface area contributed by atoms with E-state index < -0.39 is 6.09 Å². The van der Waals surface area contributed by atoms with Crippen LogP contribution in [-0.2, 0) is 22.7 Å². The Kier molecular flexibility index (Phi) is 9.06. The molecule has 10 nitrogen and oxygen atoms in total. The van der Waals surface area contributed by atoms with Gasteiger partial charge in [-0.25, -0.2) is 14.8 Å². The molecular formula is C28H30N6O4. The minimum absolute atomic E-state index is 0.0847. The summed E-state index contributed by atoms with van der Waals surface area (Å²) in [7, 11) is 1.51. The van der Waals surface area contributed by atoms with Gasteiger partial charge in [-0.05, 0) is 29.3 Å². The highest BCUT2D eigenvalue weighted by molar-refractivity contribution is 5.85. The quantitative estimate of drug-likeness (QED) is 0.175.